The van der Waals surface area contributed by atoms with Gasteiger partial charge in [0, 0.05) is 37.3 Å². The molecule has 2 aromatic carbocycles. The molecule has 27 heavy (non-hydrogen) atoms. The van der Waals surface area contributed by atoms with E-state index in [2.05, 4.69) is 0 Å². The fourth-order valence-corrected chi connectivity index (χ4v) is 3.75. The second kappa shape index (κ2) is 7.43. The van der Waals surface area contributed by atoms with Crippen LogP contribution in [0.25, 0.3) is 0 Å². The minimum absolute atomic E-state index is 0.0334. The summed E-state index contributed by atoms with van der Waals surface area (Å²) < 4.78 is 5.63. The van der Waals surface area contributed by atoms with Crippen LogP contribution in [0.5, 0.6) is 5.75 Å². The first-order valence-electron chi connectivity index (χ1n) is 9.53. The van der Waals surface area contributed by atoms with Gasteiger partial charge in [-0.3, -0.25) is 9.59 Å². The monoisotopic (exact) mass is 364 g/mol. The van der Waals surface area contributed by atoms with E-state index in [0.29, 0.717) is 37.3 Å². The van der Waals surface area contributed by atoms with Crippen LogP contribution in [-0.4, -0.2) is 54.4 Å². The predicted octanol–water partition coefficient (Wildman–Crippen LogP) is 2.92. The molecule has 5 heteroatoms. The number of hydrogen-bond acceptors (Lipinski definition) is 3. The normalized spacial score (nSPS) is 16.5. The average molecular weight is 364 g/mol. The third-order valence-electron chi connectivity index (χ3n) is 5.27. The highest BCUT2D eigenvalue weighted by Gasteiger charge is 2.26. The number of ether oxygens (including phenoxy) is 1. The summed E-state index contributed by atoms with van der Waals surface area (Å²) in [5.74, 6) is 0.967. The van der Waals surface area contributed by atoms with Crippen molar-refractivity contribution in [1.82, 2.24) is 9.80 Å². The summed E-state index contributed by atoms with van der Waals surface area (Å²) in [6, 6.07) is 13.4. The topological polar surface area (TPSA) is 49.9 Å². The molecule has 0 N–H and O–H groups in total. The Bertz CT molecular complexity index is 870. The van der Waals surface area contributed by atoms with Crippen molar-refractivity contribution < 1.29 is 14.3 Å². The molecule has 0 atom stereocenters. The lowest BCUT2D eigenvalue weighted by atomic mass is 10.0. The Labute approximate surface area is 159 Å². The molecular weight excluding hydrogens is 340 g/mol. The zero-order valence-corrected chi connectivity index (χ0v) is 15.6. The maximum Gasteiger partial charge on any atom is 0.253 e. The highest BCUT2D eigenvalue weighted by Crippen LogP contribution is 2.26. The largest absolute Gasteiger partial charge is 0.493 e. The Morgan fingerprint density at radius 1 is 0.889 bits per heavy atom. The number of rotatable bonds is 2. The zero-order valence-electron chi connectivity index (χ0n) is 15.6. The number of piperazine rings is 1. The Hall–Kier alpha value is -2.82. The molecule has 0 aliphatic carbocycles. The van der Waals surface area contributed by atoms with Gasteiger partial charge in [-0.1, -0.05) is 17.7 Å². The van der Waals surface area contributed by atoms with Crippen LogP contribution in [-0.2, 0) is 6.42 Å². The predicted molar refractivity (Wildman–Crippen MR) is 103 cm³/mol. The highest BCUT2D eigenvalue weighted by molar-refractivity contribution is 5.96. The van der Waals surface area contributed by atoms with Gasteiger partial charge in [0.25, 0.3) is 11.8 Å². The molecule has 140 valence electrons. The Balaban J connectivity index is 1.40. The van der Waals surface area contributed by atoms with Gasteiger partial charge in [-0.05, 0) is 55.7 Å². The van der Waals surface area contributed by atoms with E-state index in [0.717, 1.165) is 36.3 Å². The summed E-state index contributed by atoms with van der Waals surface area (Å²) in [7, 11) is 0. The maximum atomic E-state index is 12.9. The van der Waals surface area contributed by atoms with E-state index in [4.69, 9.17) is 4.74 Å². The minimum atomic E-state index is 0.0334. The number of hydrogen-bond donors (Lipinski definition) is 0. The number of carbonyl (C=O) groups is 2. The molecule has 0 aromatic heterocycles. The van der Waals surface area contributed by atoms with Gasteiger partial charge in [0.2, 0.25) is 0 Å². The van der Waals surface area contributed by atoms with Gasteiger partial charge in [0.1, 0.15) is 5.75 Å². The molecule has 1 saturated heterocycles. The fraction of sp³-hybridized carbons (Fsp3) is 0.364. The summed E-state index contributed by atoms with van der Waals surface area (Å²) in [4.78, 5) is 29.2. The highest BCUT2D eigenvalue weighted by atomic mass is 16.5. The number of nitrogens with zero attached hydrogens (tertiary/aromatic N) is 2. The first kappa shape index (κ1) is 17.6. The Morgan fingerprint density at radius 3 is 2.22 bits per heavy atom. The van der Waals surface area contributed by atoms with E-state index in [1.165, 1.54) is 0 Å². The van der Waals surface area contributed by atoms with E-state index in [9.17, 15) is 9.59 Å². The van der Waals surface area contributed by atoms with Crippen molar-refractivity contribution in [3.63, 3.8) is 0 Å². The molecular formula is C22H24N2O3. The summed E-state index contributed by atoms with van der Waals surface area (Å²) in [5, 5.41) is 0. The third-order valence-corrected chi connectivity index (χ3v) is 5.27. The van der Waals surface area contributed by atoms with E-state index in [1.807, 2.05) is 59.2 Å². The molecule has 0 radical (unpaired) electrons. The quantitative estimate of drug-likeness (QED) is 0.823. The van der Waals surface area contributed by atoms with Gasteiger partial charge < -0.3 is 14.5 Å². The number of aryl methyl sites for hydroxylation is 2. The summed E-state index contributed by atoms with van der Waals surface area (Å²) in [6.07, 6.45) is 1.94. The SMILES string of the molecule is Cc1cccc(C(=O)N2CCN(C(=O)c3ccc4c(c3)CCCO4)CC2)c1. The lowest BCUT2D eigenvalue weighted by molar-refractivity contribution is 0.0535. The molecule has 5 nitrogen and oxygen atoms in total. The second-order valence-corrected chi connectivity index (χ2v) is 7.23. The van der Waals surface area contributed by atoms with Crippen molar-refractivity contribution in [2.24, 2.45) is 0 Å². The van der Waals surface area contributed by atoms with Crippen LogP contribution >= 0.6 is 0 Å². The standard InChI is InChI=1S/C22H24N2O3/c1-16-4-2-5-18(14-16)21(25)23-9-11-24(12-10-23)22(26)19-7-8-20-17(15-19)6-3-13-27-20/h2,4-5,7-8,14-15H,3,6,9-13H2,1H3. The van der Waals surface area contributed by atoms with Crippen LogP contribution in [0.2, 0.25) is 0 Å². The van der Waals surface area contributed by atoms with Crippen molar-refractivity contribution in [2.75, 3.05) is 32.8 Å². The number of benzene rings is 2. The molecule has 2 amide bonds. The first-order chi connectivity index (χ1) is 13.1. The van der Waals surface area contributed by atoms with Gasteiger partial charge in [-0.2, -0.15) is 0 Å². The zero-order chi connectivity index (χ0) is 18.8. The summed E-state index contributed by atoms with van der Waals surface area (Å²) in [5.41, 5.74) is 3.61. The smallest absolute Gasteiger partial charge is 0.253 e. The van der Waals surface area contributed by atoms with E-state index in [-0.39, 0.29) is 11.8 Å². The van der Waals surface area contributed by atoms with Gasteiger partial charge in [-0.15, -0.1) is 0 Å². The lowest BCUT2D eigenvalue weighted by Gasteiger charge is -2.35. The maximum absolute atomic E-state index is 12.9. The molecule has 0 bridgehead atoms. The number of amides is 2. The van der Waals surface area contributed by atoms with Gasteiger partial charge in [0.15, 0.2) is 0 Å². The first-order valence-corrected chi connectivity index (χ1v) is 9.53. The molecule has 2 aliphatic heterocycles. The molecule has 4 rings (SSSR count). The van der Waals surface area contributed by atoms with E-state index < -0.39 is 0 Å². The Morgan fingerprint density at radius 2 is 1.56 bits per heavy atom. The van der Waals surface area contributed by atoms with Crippen LogP contribution in [0.3, 0.4) is 0 Å². The van der Waals surface area contributed by atoms with Crippen LogP contribution in [0.15, 0.2) is 42.5 Å². The van der Waals surface area contributed by atoms with Crippen molar-refractivity contribution in [3.05, 3.63) is 64.7 Å². The lowest BCUT2D eigenvalue weighted by Crippen LogP contribution is -2.50. The molecule has 2 heterocycles. The van der Waals surface area contributed by atoms with E-state index in [1.54, 1.807) is 0 Å². The summed E-state index contributed by atoms with van der Waals surface area (Å²) >= 11 is 0. The number of carbonyl (C=O) groups excluding carboxylic acids is 2. The Kier molecular flexibility index (Phi) is 4.84. The van der Waals surface area contributed by atoms with Crippen LogP contribution < -0.4 is 4.74 Å². The molecule has 1 fully saturated rings. The van der Waals surface area contributed by atoms with Gasteiger partial charge in [-0.25, -0.2) is 0 Å². The van der Waals surface area contributed by atoms with Gasteiger partial charge in [0.05, 0.1) is 6.61 Å². The van der Waals surface area contributed by atoms with Crippen molar-refractivity contribution in [3.8, 4) is 5.75 Å². The second-order valence-electron chi connectivity index (χ2n) is 7.23. The van der Waals surface area contributed by atoms with Crippen LogP contribution in [0.1, 0.15) is 38.3 Å². The van der Waals surface area contributed by atoms with Crippen molar-refractivity contribution in [2.45, 2.75) is 19.8 Å². The molecule has 0 saturated carbocycles. The van der Waals surface area contributed by atoms with Gasteiger partial charge >= 0.3 is 0 Å². The molecule has 0 unspecified atom stereocenters. The third kappa shape index (κ3) is 3.68. The minimum Gasteiger partial charge on any atom is -0.493 e. The van der Waals surface area contributed by atoms with Crippen LogP contribution in [0.4, 0.5) is 0 Å². The summed E-state index contributed by atoms with van der Waals surface area (Å²) in [6.45, 7) is 4.97. The number of fused-ring (bicyclic) bond motifs is 1. The van der Waals surface area contributed by atoms with Crippen molar-refractivity contribution >= 4 is 11.8 Å². The van der Waals surface area contributed by atoms with E-state index >= 15 is 0 Å². The molecule has 2 aromatic rings. The molecule has 2 aliphatic rings. The van der Waals surface area contributed by atoms with Crippen molar-refractivity contribution in [1.29, 1.82) is 0 Å². The van der Waals surface area contributed by atoms with Crippen LogP contribution in [0, 0.1) is 6.92 Å². The fourth-order valence-electron chi connectivity index (χ4n) is 3.75. The average Bonchev–Trinajstić information content (AvgIpc) is 2.72. The molecule has 0 spiro atoms.